The molecule has 4 amide bonds. The van der Waals surface area contributed by atoms with Gasteiger partial charge in [-0.15, -0.1) is 0 Å². The largest absolute Gasteiger partial charge is 0.493 e. The summed E-state index contributed by atoms with van der Waals surface area (Å²) in [6.07, 6.45) is 2.27. The Labute approximate surface area is 246 Å². The quantitative estimate of drug-likeness (QED) is 0.171. The Morgan fingerprint density at radius 1 is 1.00 bits per heavy atom. The number of nitrogens with one attached hydrogen (secondary N) is 2. The Balaban J connectivity index is 1.29. The summed E-state index contributed by atoms with van der Waals surface area (Å²) in [6.45, 7) is 1.90. The van der Waals surface area contributed by atoms with Gasteiger partial charge in [-0.1, -0.05) is 61.5 Å². The minimum Gasteiger partial charge on any atom is -0.493 e. The molecule has 5 rings (SSSR count). The van der Waals surface area contributed by atoms with Gasteiger partial charge in [0.15, 0.2) is 11.5 Å². The third-order valence-electron chi connectivity index (χ3n) is 6.70. The molecule has 0 aliphatic carbocycles. The summed E-state index contributed by atoms with van der Waals surface area (Å²) in [4.78, 5) is 39.1. The lowest BCUT2D eigenvalue weighted by Crippen LogP contribution is -2.38. The van der Waals surface area contributed by atoms with Crippen LogP contribution < -0.4 is 20.1 Å². The first-order chi connectivity index (χ1) is 19.9. The lowest BCUT2D eigenvalue weighted by Gasteiger charge is -2.14. The van der Waals surface area contributed by atoms with Crippen LogP contribution in [0.4, 0.5) is 10.5 Å². The molecule has 0 spiro atoms. The first-order valence-electron chi connectivity index (χ1n) is 13.1. The molecule has 41 heavy (non-hydrogen) atoms. The van der Waals surface area contributed by atoms with E-state index in [9.17, 15) is 14.4 Å². The molecule has 0 radical (unpaired) electrons. The van der Waals surface area contributed by atoms with Crippen molar-refractivity contribution in [3.8, 4) is 11.5 Å². The number of urea groups is 1. The van der Waals surface area contributed by atoms with Gasteiger partial charge in [0.2, 0.25) is 5.91 Å². The fourth-order valence-electron chi connectivity index (χ4n) is 4.61. The van der Waals surface area contributed by atoms with E-state index < -0.39 is 24.4 Å². The number of carbonyl (C=O) groups is 3. The average molecular weight is 614 g/mol. The second-order valence-corrected chi connectivity index (χ2v) is 10.3. The van der Waals surface area contributed by atoms with Gasteiger partial charge >= 0.3 is 6.03 Å². The first-order valence-corrected chi connectivity index (χ1v) is 13.9. The number of aryl methyl sites for hydroxylation is 1. The van der Waals surface area contributed by atoms with E-state index >= 15 is 0 Å². The lowest BCUT2D eigenvalue weighted by molar-refractivity contribution is -0.127. The summed E-state index contributed by atoms with van der Waals surface area (Å²) < 4.78 is 12.3. The Bertz CT molecular complexity index is 1680. The number of para-hydroxylation sites is 1. The second kappa shape index (κ2) is 12.3. The number of halogens is 1. The summed E-state index contributed by atoms with van der Waals surface area (Å²) in [5.74, 6) is -0.0986. The zero-order chi connectivity index (χ0) is 28.9. The van der Waals surface area contributed by atoms with E-state index in [-0.39, 0.29) is 5.70 Å². The van der Waals surface area contributed by atoms with Crippen LogP contribution in [0.1, 0.15) is 23.6 Å². The number of methoxy groups -OCH3 is 1. The van der Waals surface area contributed by atoms with Gasteiger partial charge in [-0.05, 0) is 80.2 Å². The molecule has 0 bridgehead atoms. The van der Waals surface area contributed by atoms with Crippen molar-refractivity contribution in [2.45, 2.75) is 20.0 Å². The van der Waals surface area contributed by atoms with E-state index in [1.165, 1.54) is 13.2 Å². The number of imide groups is 1. The number of amides is 4. The molecule has 0 atom stereocenters. The van der Waals surface area contributed by atoms with Crippen molar-refractivity contribution in [1.29, 1.82) is 0 Å². The monoisotopic (exact) mass is 613 g/mol. The Morgan fingerprint density at radius 2 is 1.76 bits per heavy atom. The normalized spacial score (nSPS) is 13.9. The number of benzene rings is 4. The standard InChI is InChI=1S/C32H28BrN3O5/c1-3-22-8-6-7-11-26(22)34-29(37)18-36-31(38)27(35-32(36)39)16-21-15-25(33)30(28(17-21)40-2)41-19-20-12-13-23-9-4-5-10-24(23)14-20/h4-17H,3,18-19H2,1-2H3,(H,34,37)(H,35,39)/b27-16+. The van der Waals surface area contributed by atoms with Crippen molar-refractivity contribution in [2.24, 2.45) is 0 Å². The number of nitrogens with zero attached hydrogens (tertiary/aromatic N) is 1. The number of anilines is 1. The molecule has 1 heterocycles. The highest BCUT2D eigenvalue weighted by molar-refractivity contribution is 9.10. The Kier molecular flexibility index (Phi) is 8.35. The van der Waals surface area contributed by atoms with Gasteiger partial charge in [0.25, 0.3) is 5.91 Å². The van der Waals surface area contributed by atoms with Gasteiger partial charge in [-0.2, -0.15) is 0 Å². The molecule has 1 saturated heterocycles. The summed E-state index contributed by atoms with van der Waals surface area (Å²) in [5, 5.41) is 7.63. The molecule has 1 fully saturated rings. The minimum absolute atomic E-state index is 0.0514. The number of fused-ring (bicyclic) bond motifs is 1. The number of hydrogen-bond donors (Lipinski definition) is 2. The maximum atomic E-state index is 13.0. The van der Waals surface area contributed by atoms with Crippen LogP contribution in [0.15, 0.2) is 89.0 Å². The molecule has 0 saturated carbocycles. The van der Waals surface area contributed by atoms with Gasteiger partial charge in [-0.3, -0.25) is 9.59 Å². The molecule has 4 aromatic carbocycles. The van der Waals surface area contributed by atoms with Gasteiger partial charge < -0.3 is 20.1 Å². The van der Waals surface area contributed by atoms with Crippen LogP contribution in [0.3, 0.4) is 0 Å². The van der Waals surface area contributed by atoms with Gasteiger partial charge in [0.1, 0.15) is 18.8 Å². The van der Waals surface area contributed by atoms with Crippen LogP contribution in [0.5, 0.6) is 11.5 Å². The number of hydrogen-bond acceptors (Lipinski definition) is 5. The summed E-state index contributed by atoms with van der Waals surface area (Å²) >= 11 is 3.55. The smallest absolute Gasteiger partial charge is 0.329 e. The van der Waals surface area contributed by atoms with Gasteiger partial charge in [0.05, 0.1) is 11.6 Å². The summed E-state index contributed by atoms with van der Waals surface area (Å²) in [5.41, 5.74) is 3.27. The molecule has 2 N–H and O–H groups in total. The maximum Gasteiger partial charge on any atom is 0.329 e. The summed E-state index contributed by atoms with van der Waals surface area (Å²) in [6, 6.07) is 24.5. The van der Waals surface area contributed by atoms with E-state index in [1.54, 1.807) is 18.2 Å². The van der Waals surface area contributed by atoms with E-state index in [4.69, 9.17) is 9.47 Å². The SMILES string of the molecule is CCc1ccccc1NC(=O)CN1C(=O)N/C(=C/c2cc(Br)c(OCc3ccc4ccccc4c3)c(OC)c2)C1=O. The molecule has 0 unspecified atom stereocenters. The highest BCUT2D eigenvalue weighted by atomic mass is 79.9. The third-order valence-corrected chi connectivity index (χ3v) is 7.29. The fourth-order valence-corrected chi connectivity index (χ4v) is 5.19. The van der Waals surface area contributed by atoms with Crippen LogP contribution in [-0.2, 0) is 22.6 Å². The molecule has 8 nitrogen and oxygen atoms in total. The van der Waals surface area contributed by atoms with Gasteiger partial charge in [-0.25, -0.2) is 9.69 Å². The van der Waals surface area contributed by atoms with Crippen LogP contribution >= 0.6 is 15.9 Å². The van der Waals surface area contributed by atoms with E-state index in [0.29, 0.717) is 33.8 Å². The predicted molar refractivity (Wildman–Crippen MR) is 162 cm³/mol. The number of carbonyl (C=O) groups excluding carboxylic acids is 3. The van der Waals surface area contributed by atoms with E-state index in [1.807, 2.05) is 43.3 Å². The molecule has 9 heteroatoms. The van der Waals surface area contributed by atoms with E-state index in [2.05, 4.69) is 50.8 Å². The number of rotatable bonds is 9. The Hall–Kier alpha value is -4.63. The molecule has 4 aromatic rings. The van der Waals surface area contributed by atoms with Crippen molar-refractivity contribution >= 4 is 56.3 Å². The van der Waals surface area contributed by atoms with E-state index in [0.717, 1.165) is 33.2 Å². The van der Waals surface area contributed by atoms with Crippen molar-refractivity contribution in [2.75, 3.05) is 19.0 Å². The first kappa shape index (κ1) is 27.9. The second-order valence-electron chi connectivity index (χ2n) is 9.44. The van der Waals surface area contributed by atoms with Crippen LogP contribution in [0.2, 0.25) is 0 Å². The molecule has 208 valence electrons. The topological polar surface area (TPSA) is 97.0 Å². The van der Waals surface area contributed by atoms with Crippen molar-refractivity contribution in [1.82, 2.24) is 10.2 Å². The fraction of sp³-hybridized carbons (Fsp3) is 0.156. The highest BCUT2D eigenvalue weighted by Gasteiger charge is 2.35. The zero-order valence-corrected chi connectivity index (χ0v) is 24.2. The highest BCUT2D eigenvalue weighted by Crippen LogP contribution is 2.38. The van der Waals surface area contributed by atoms with Crippen molar-refractivity contribution in [3.63, 3.8) is 0 Å². The molecular formula is C32H28BrN3O5. The zero-order valence-electron chi connectivity index (χ0n) is 22.6. The average Bonchev–Trinajstić information content (AvgIpc) is 3.23. The van der Waals surface area contributed by atoms with Crippen molar-refractivity contribution < 1.29 is 23.9 Å². The minimum atomic E-state index is -0.665. The van der Waals surface area contributed by atoms with Gasteiger partial charge in [0, 0.05) is 5.69 Å². The molecule has 0 aromatic heterocycles. The predicted octanol–water partition coefficient (Wildman–Crippen LogP) is 6.28. The van der Waals surface area contributed by atoms with Crippen molar-refractivity contribution in [3.05, 3.63) is 106 Å². The third kappa shape index (κ3) is 6.25. The maximum absolute atomic E-state index is 13.0. The Morgan fingerprint density at radius 3 is 2.54 bits per heavy atom. The molecular weight excluding hydrogens is 586 g/mol. The number of ether oxygens (including phenoxy) is 2. The molecule has 1 aliphatic rings. The molecule has 1 aliphatic heterocycles. The summed E-state index contributed by atoms with van der Waals surface area (Å²) in [7, 11) is 1.53. The van der Waals surface area contributed by atoms with Crippen LogP contribution in [-0.4, -0.2) is 36.4 Å². The van der Waals surface area contributed by atoms with Crippen LogP contribution in [0.25, 0.3) is 16.8 Å². The van der Waals surface area contributed by atoms with Crippen LogP contribution in [0, 0.1) is 0 Å². The lowest BCUT2D eigenvalue weighted by atomic mass is 10.1.